The van der Waals surface area contributed by atoms with Gasteiger partial charge in [-0.25, -0.2) is 0 Å². The number of ether oxygens (including phenoxy) is 1. The quantitative estimate of drug-likeness (QED) is 0.668. The number of fused-ring (bicyclic) bond motifs is 1. The first-order valence-electron chi connectivity index (χ1n) is 5.77. The third kappa shape index (κ3) is 1.75. The van der Waals surface area contributed by atoms with Crippen molar-refractivity contribution < 1.29 is 14.3 Å². The summed E-state index contributed by atoms with van der Waals surface area (Å²) in [4.78, 5) is 24.8. The molecular weight excluding hydrogens is 206 g/mol. The number of hydrogen-bond donors (Lipinski definition) is 0. The van der Waals surface area contributed by atoms with Gasteiger partial charge in [-0.2, -0.15) is 0 Å². The molecule has 0 aromatic carbocycles. The molecule has 0 aromatic heterocycles. The lowest BCUT2D eigenvalue weighted by Crippen LogP contribution is -2.45. The Morgan fingerprint density at radius 2 is 1.94 bits per heavy atom. The van der Waals surface area contributed by atoms with Crippen LogP contribution in [0.2, 0.25) is 0 Å². The molecule has 4 nitrogen and oxygen atoms in total. The Kier molecular flexibility index (Phi) is 2.57. The summed E-state index contributed by atoms with van der Waals surface area (Å²) >= 11 is 0. The number of rotatable bonds is 1. The zero-order valence-corrected chi connectivity index (χ0v) is 10.3. The second-order valence-corrected chi connectivity index (χ2v) is 5.53. The lowest BCUT2D eigenvalue weighted by Gasteiger charge is -2.28. The lowest BCUT2D eigenvalue weighted by atomic mass is 9.94. The van der Waals surface area contributed by atoms with E-state index < -0.39 is 0 Å². The molecule has 0 saturated carbocycles. The number of carbonyl (C=O) groups is 2. The Morgan fingerprint density at radius 1 is 1.31 bits per heavy atom. The molecular formula is C12H19NO3. The summed E-state index contributed by atoms with van der Waals surface area (Å²) < 4.78 is 5.91. The number of Topliss-reactive ketones (excluding diaryl/α,β-unsaturated/α-hetero) is 1. The lowest BCUT2D eigenvalue weighted by molar-refractivity contribution is -0.140. The molecule has 16 heavy (non-hydrogen) atoms. The zero-order valence-electron chi connectivity index (χ0n) is 10.3. The molecule has 3 atom stereocenters. The van der Waals surface area contributed by atoms with Crippen molar-refractivity contribution in [2.45, 2.75) is 51.9 Å². The highest BCUT2D eigenvalue weighted by atomic mass is 16.5. The van der Waals surface area contributed by atoms with Crippen molar-refractivity contribution >= 4 is 11.7 Å². The van der Waals surface area contributed by atoms with Gasteiger partial charge in [-0.15, -0.1) is 0 Å². The van der Waals surface area contributed by atoms with Gasteiger partial charge in [0.2, 0.25) is 5.91 Å². The highest BCUT2D eigenvalue weighted by molar-refractivity contribution is 5.88. The molecule has 0 aliphatic carbocycles. The van der Waals surface area contributed by atoms with Crippen molar-refractivity contribution in [2.75, 3.05) is 6.54 Å². The molecule has 90 valence electrons. The Hall–Kier alpha value is -0.900. The minimum Gasteiger partial charge on any atom is -0.369 e. The van der Waals surface area contributed by atoms with Crippen LogP contribution in [0.5, 0.6) is 0 Å². The van der Waals surface area contributed by atoms with Crippen LogP contribution in [0.4, 0.5) is 0 Å². The van der Waals surface area contributed by atoms with Crippen molar-refractivity contribution in [1.29, 1.82) is 0 Å². The monoisotopic (exact) mass is 225 g/mol. The molecule has 2 heterocycles. The van der Waals surface area contributed by atoms with Crippen LogP contribution in [0.1, 0.15) is 34.1 Å². The van der Waals surface area contributed by atoms with Crippen LogP contribution in [0.25, 0.3) is 0 Å². The van der Waals surface area contributed by atoms with E-state index in [-0.39, 0.29) is 29.4 Å². The molecule has 4 heteroatoms. The second-order valence-electron chi connectivity index (χ2n) is 5.53. The molecule has 2 saturated heterocycles. The maximum absolute atomic E-state index is 11.6. The fourth-order valence-electron chi connectivity index (χ4n) is 3.07. The third-order valence-electron chi connectivity index (χ3n) is 3.57. The van der Waals surface area contributed by atoms with Gasteiger partial charge in [0.25, 0.3) is 0 Å². The topological polar surface area (TPSA) is 46.6 Å². The largest absolute Gasteiger partial charge is 0.369 e. The van der Waals surface area contributed by atoms with Gasteiger partial charge in [0.15, 0.2) is 5.78 Å². The Morgan fingerprint density at radius 3 is 2.44 bits per heavy atom. The van der Waals surface area contributed by atoms with Gasteiger partial charge in [0, 0.05) is 19.4 Å². The molecule has 0 radical (unpaired) electrons. The smallest absolute Gasteiger partial charge is 0.220 e. The number of ketones is 1. The average Bonchev–Trinajstić information content (AvgIpc) is 2.54. The van der Waals surface area contributed by atoms with Crippen molar-refractivity contribution in [2.24, 2.45) is 5.92 Å². The number of hydrogen-bond acceptors (Lipinski definition) is 3. The fraction of sp³-hybridized carbons (Fsp3) is 0.833. The van der Waals surface area contributed by atoms with E-state index in [1.807, 2.05) is 13.8 Å². The standard InChI is InChI=1S/C12H19NO3/c1-7(14)10-11-9(5-12(3,4)16-11)6-13(10)8(2)15/h9-11H,5-6H2,1-4H3/t9-,10+,11-/m0/s1. The molecule has 2 aliphatic heterocycles. The van der Waals surface area contributed by atoms with E-state index >= 15 is 0 Å². The van der Waals surface area contributed by atoms with Crippen LogP contribution in [-0.4, -0.2) is 40.9 Å². The fourth-order valence-corrected chi connectivity index (χ4v) is 3.07. The van der Waals surface area contributed by atoms with Crippen LogP contribution in [0, 0.1) is 5.92 Å². The van der Waals surface area contributed by atoms with Crippen LogP contribution in [-0.2, 0) is 14.3 Å². The van der Waals surface area contributed by atoms with Crippen molar-refractivity contribution in [3.8, 4) is 0 Å². The molecule has 0 aromatic rings. The molecule has 2 aliphatic rings. The summed E-state index contributed by atoms with van der Waals surface area (Å²) in [5, 5.41) is 0. The second kappa shape index (κ2) is 3.55. The summed E-state index contributed by atoms with van der Waals surface area (Å²) in [6, 6.07) is -0.371. The van der Waals surface area contributed by atoms with Gasteiger partial charge >= 0.3 is 0 Å². The summed E-state index contributed by atoms with van der Waals surface area (Å²) in [5.41, 5.74) is -0.161. The van der Waals surface area contributed by atoms with E-state index in [9.17, 15) is 9.59 Å². The number of amides is 1. The molecule has 0 spiro atoms. The number of carbonyl (C=O) groups excluding carboxylic acids is 2. The molecule has 0 bridgehead atoms. The molecule has 0 N–H and O–H groups in total. The van der Waals surface area contributed by atoms with Crippen LogP contribution in [0.15, 0.2) is 0 Å². The first-order chi connectivity index (χ1) is 7.32. The average molecular weight is 225 g/mol. The summed E-state index contributed by atoms with van der Waals surface area (Å²) in [7, 11) is 0. The zero-order chi connectivity index (χ0) is 12.1. The SMILES string of the molecule is CC(=O)[C@@H]1[C@H]2OC(C)(C)C[C@H]2CN1C(C)=O. The molecule has 0 unspecified atom stereocenters. The Bertz CT molecular complexity index is 337. The number of likely N-dealkylation sites (tertiary alicyclic amines) is 1. The predicted octanol–water partition coefficient (Wildman–Crippen LogP) is 0.990. The maximum atomic E-state index is 11.6. The summed E-state index contributed by atoms with van der Waals surface area (Å²) in [6.07, 6.45) is 0.821. The van der Waals surface area contributed by atoms with Crippen LogP contribution >= 0.6 is 0 Å². The maximum Gasteiger partial charge on any atom is 0.220 e. The third-order valence-corrected chi connectivity index (χ3v) is 3.57. The molecule has 2 rings (SSSR count). The van der Waals surface area contributed by atoms with Crippen LogP contribution < -0.4 is 0 Å². The minimum absolute atomic E-state index is 0.0281. The first-order valence-corrected chi connectivity index (χ1v) is 5.77. The van der Waals surface area contributed by atoms with E-state index in [2.05, 4.69) is 0 Å². The van der Waals surface area contributed by atoms with Crippen molar-refractivity contribution in [1.82, 2.24) is 4.90 Å². The van der Waals surface area contributed by atoms with Crippen LogP contribution in [0.3, 0.4) is 0 Å². The Balaban J connectivity index is 2.23. The van der Waals surface area contributed by atoms with Gasteiger partial charge in [-0.3, -0.25) is 9.59 Å². The van der Waals surface area contributed by atoms with E-state index in [1.54, 1.807) is 4.90 Å². The van der Waals surface area contributed by atoms with Gasteiger partial charge in [0.05, 0.1) is 11.7 Å². The van der Waals surface area contributed by atoms with E-state index in [0.717, 1.165) is 6.42 Å². The van der Waals surface area contributed by atoms with Crippen molar-refractivity contribution in [3.63, 3.8) is 0 Å². The van der Waals surface area contributed by atoms with Crippen molar-refractivity contribution in [3.05, 3.63) is 0 Å². The Labute approximate surface area is 95.9 Å². The highest BCUT2D eigenvalue weighted by Gasteiger charge is 2.53. The summed E-state index contributed by atoms with van der Waals surface area (Å²) in [6.45, 7) is 7.80. The van der Waals surface area contributed by atoms with E-state index in [0.29, 0.717) is 12.5 Å². The minimum atomic E-state index is -0.371. The first kappa shape index (κ1) is 11.6. The predicted molar refractivity (Wildman–Crippen MR) is 58.9 cm³/mol. The highest BCUT2D eigenvalue weighted by Crippen LogP contribution is 2.42. The van der Waals surface area contributed by atoms with Gasteiger partial charge in [-0.1, -0.05) is 0 Å². The normalized spacial score (nSPS) is 36.2. The molecule has 2 fully saturated rings. The van der Waals surface area contributed by atoms with Gasteiger partial charge in [0.1, 0.15) is 6.04 Å². The number of nitrogens with zero attached hydrogens (tertiary/aromatic N) is 1. The molecule has 1 amide bonds. The van der Waals surface area contributed by atoms with E-state index in [4.69, 9.17) is 4.74 Å². The van der Waals surface area contributed by atoms with E-state index in [1.165, 1.54) is 13.8 Å². The van der Waals surface area contributed by atoms with Gasteiger partial charge < -0.3 is 9.64 Å². The summed E-state index contributed by atoms with van der Waals surface area (Å²) in [5.74, 6) is 0.309. The van der Waals surface area contributed by atoms with Gasteiger partial charge in [-0.05, 0) is 27.2 Å².